The van der Waals surface area contributed by atoms with E-state index in [1.807, 2.05) is 4.72 Å². The summed E-state index contributed by atoms with van der Waals surface area (Å²) in [4.78, 5) is 23.1. The molecule has 1 unspecified atom stereocenters. The summed E-state index contributed by atoms with van der Waals surface area (Å²) in [5.74, 6) is -2.12. The highest BCUT2D eigenvalue weighted by Gasteiger charge is 2.32. The molecule has 1 rings (SSSR count). The van der Waals surface area contributed by atoms with E-state index in [1.165, 1.54) is 0 Å². The summed E-state index contributed by atoms with van der Waals surface area (Å²) in [6, 6.07) is 1.84. The van der Waals surface area contributed by atoms with Crippen LogP contribution in [-0.4, -0.2) is 46.7 Å². The largest absolute Gasteiger partial charge is 0.479 e. The maximum absolute atomic E-state index is 11.8. The molecule has 1 heterocycles. The molecule has 0 radical (unpaired) electrons. The van der Waals surface area contributed by atoms with Crippen LogP contribution in [0.4, 0.5) is 5.82 Å². The smallest absolute Gasteiger partial charge is 0.363 e. The van der Waals surface area contributed by atoms with Crippen molar-refractivity contribution in [2.45, 2.75) is 17.4 Å². The van der Waals surface area contributed by atoms with Crippen molar-refractivity contribution in [3.05, 3.63) is 28.4 Å². The van der Waals surface area contributed by atoms with Gasteiger partial charge in [-0.25, -0.2) is 17.9 Å². The number of hydrogen-bond acceptors (Lipinski definition) is 7. The lowest BCUT2D eigenvalue weighted by Crippen LogP contribution is -2.46. The van der Waals surface area contributed by atoms with Gasteiger partial charge in [0.25, 0.3) is 0 Å². The second-order valence-electron chi connectivity index (χ2n) is 4.01. The van der Waals surface area contributed by atoms with Crippen LogP contribution >= 0.6 is 0 Å². The molecule has 0 aliphatic carbocycles. The van der Waals surface area contributed by atoms with E-state index in [0.717, 1.165) is 25.3 Å². The Hall–Kier alpha value is -2.11. The van der Waals surface area contributed by atoms with Crippen LogP contribution in [-0.2, 0) is 14.8 Å². The number of aromatic nitrogens is 1. The number of carboxylic acid groups (broad SMARTS) is 1. The molecule has 1 atom stereocenters. The Kier molecular flexibility index (Phi) is 4.37. The molecule has 0 fully saturated rings. The van der Waals surface area contributed by atoms with E-state index in [9.17, 15) is 28.4 Å². The van der Waals surface area contributed by atoms with E-state index < -0.39 is 38.9 Å². The summed E-state index contributed by atoms with van der Waals surface area (Å²) in [6.45, 7) is 0.160. The summed E-state index contributed by atoms with van der Waals surface area (Å²) in [7, 11) is -4.13. The molecule has 0 spiro atoms. The van der Waals surface area contributed by atoms with E-state index in [2.05, 4.69) is 4.98 Å². The number of aliphatic hydroxyl groups is 1. The number of carboxylic acids is 1. The van der Waals surface area contributed by atoms with Crippen molar-refractivity contribution in [2.75, 3.05) is 6.54 Å². The number of aliphatic carboxylic acids is 1. The topological polar surface area (TPSA) is 160 Å². The quantitative estimate of drug-likeness (QED) is 0.450. The Labute approximate surface area is 113 Å². The molecule has 11 heteroatoms. The lowest BCUT2D eigenvalue weighted by Gasteiger charge is -2.17. The van der Waals surface area contributed by atoms with Crippen molar-refractivity contribution in [2.24, 2.45) is 0 Å². The summed E-state index contributed by atoms with van der Waals surface area (Å²) in [5, 5.41) is 28.4. The van der Waals surface area contributed by atoms with E-state index in [0.29, 0.717) is 0 Å². The van der Waals surface area contributed by atoms with Gasteiger partial charge >= 0.3 is 11.8 Å². The van der Waals surface area contributed by atoms with Crippen LogP contribution in [0.1, 0.15) is 6.92 Å². The predicted molar refractivity (Wildman–Crippen MR) is 64.3 cm³/mol. The summed E-state index contributed by atoms with van der Waals surface area (Å²) in [6.07, 6.45) is 0.760. The van der Waals surface area contributed by atoms with Gasteiger partial charge in [0.05, 0.1) is 6.54 Å². The minimum absolute atomic E-state index is 0.385. The Morgan fingerprint density at radius 2 is 2.15 bits per heavy atom. The molecule has 0 aliphatic rings. The normalized spacial score (nSPS) is 14.5. The molecular formula is C9H11N3O7S. The van der Waals surface area contributed by atoms with Crippen molar-refractivity contribution in [1.29, 1.82) is 0 Å². The average molecular weight is 305 g/mol. The Morgan fingerprint density at radius 3 is 2.55 bits per heavy atom. The van der Waals surface area contributed by atoms with Gasteiger partial charge < -0.3 is 20.3 Å². The summed E-state index contributed by atoms with van der Waals surface area (Å²) >= 11 is 0. The zero-order valence-corrected chi connectivity index (χ0v) is 11.0. The molecule has 1 aromatic rings. The maximum Gasteiger partial charge on any atom is 0.363 e. The van der Waals surface area contributed by atoms with Gasteiger partial charge in [-0.3, -0.25) is 0 Å². The molecule has 0 saturated carbocycles. The molecule has 0 aromatic carbocycles. The molecule has 0 aliphatic heterocycles. The monoisotopic (exact) mass is 305 g/mol. The molecule has 1 aromatic heterocycles. The fraction of sp³-hybridized carbons (Fsp3) is 0.333. The number of sulfonamides is 1. The van der Waals surface area contributed by atoms with Gasteiger partial charge in [-0.15, -0.1) is 0 Å². The van der Waals surface area contributed by atoms with Crippen LogP contribution in [0, 0.1) is 10.1 Å². The standard InChI is InChI=1S/C9H11N3O7S/c1-9(15,8(13)14)5-11-20(18,19)6-2-3-7(10-4-6)12(16)17/h2-4,11,15H,5H2,1H3,(H,13,14). The van der Waals surface area contributed by atoms with Crippen LogP contribution < -0.4 is 4.72 Å². The Balaban J connectivity index is 2.89. The third-order valence-electron chi connectivity index (χ3n) is 2.29. The molecule has 20 heavy (non-hydrogen) atoms. The molecule has 110 valence electrons. The number of carbonyl (C=O) groups is 1. The molecule has 0 amide bonds. The second-order valence-corrected chi connectivity index (χ2v) is 5.78. The minimum Gasteiger partial charge on any atom is -0.479 e. The zero-order valence-electron chi connectivity index (χ0n) is 10.2. The van der Waals surface area contributed by atoms with E-state index in [1.54, 1.807) is 0 Å². The fourth-order valence-electron chi connectivity index (χ4n) is 1.03. The number of pyridine rings is 1. The first-order valence-corrected chi connectivity index (χ1v) is 6.60. The Morgan fingerprint density at radius 1 is 1.55 bits per heavy atom. The van der Waals surface area contributed by atoms with Gasteiger partial charge in [0.2, 0.25) is 10.0 Å². The van der Waals surface area contributed by atoms with Crippen LogP contribution in [0.25, 0.3) is 0 Å². The summed E-state index contributed by atoms with van der Waals surface area (Å²) in [5.41, 5.74) is -2.28. The highest BCUT2D eigenvalue weighted by atomic mass is 32.2. The lowest BCUT2D eigenvalue weighted by atomic mass is 10.1. The van der Waals surface area contributed by atoms with Gasteiger partial charge in [0.15, 0.2) is 11.8 Å². The Bertz CT molecular complexity index is 623. The van der Waals surface area contributed by atoms with Gasteiger partial charge in [-0.05, 0) is 22.9 Å². The fourth-order valence-corrected chi connectivity index (χ4v) is 2.11. The van der Waals surface area contributed by atoms with E-state index in [4.69, 9.17) is 5.11 Å². The third-order valence-corrected chi connectivity index (χ3v) is 3.67. The van der Waals surface area contributed by atoms with Gasteiger partial charge in [-0.2, -0.15) is 0 Å². The molecular weight excluding hydrogens is 294 g/mol. The average Bonchev–Trinajstić information content (AvgIpc) is 2.36. The highest BCUT2D eigenvalue weighted by molar-refractivity contribution is 7.89. The van der Waals surface area contributed by atoms with Gasteiger partial charge in [0.1, 0.15) is 4.90 Å². The number of nitro groups is 1. The molecule has 10 nitrogen and oxygen atoms in total. The molecule has 3 N–H and O–H groups in total. The third kappa shape index (κ3) is 3.69. The van der Waals surface area contributed by atoms with Crippen LogP contribution in [0.15, 0.2) is 23.2 Å². The van der Waals surface area contributed by atoms with Crippen molar-refractivity contribution in [3.8, 4) is 0 Å². The van der Waals surface area contributed by atoms with Crippen molar-refractivity contribution < 1.29 is 28.3 Å². The van der Waals surface area contributed by atoms with Gasteiger partial charge in [-0.1, -0.05) is 0 Å². The van der Waals surface area contributed by atoms with Gasteiger partial charge in [0, 0.05) is 6.07 Å². The zero-order chi connectivity index (χ0) is 15.6. The number of hydrogen-bond donors (Lipinski definition) is 3. The first-order chi connectivity index (χ1) is 9.06. The first kappa shape index (κ1) is 15.9. The highest BCUT2D eigenvalue weighted by Crippen LogP contribution is 2.13. The maximum atomic E-state index is 11.8. The number of nitrogens with zero attached hydrogens (tertiary/aromatic N) is 2. The second kappa shape index (κ2) is 5.48. The number of rotatable bonds is 6. The van der Waals surface area contributed by atoms with E-state index >= 15 is 0 Å². The van der Waals surface area contributed by atoms with Crippen molar-refractivity contribution in [1.82, 2.24) is 9.71 Å². The minimum atomic E-state index is -4.13. The number of nitrogens with one attached hydrogen (secondary N) is 1. The van der Waals surface area contributed by atoms with Crippen LogP contribution in [0.2, 0.25) is 0 Å². The first-order valence-electron chi connectivity index (χ1n) is 5.12. The predicted octanol–water partition coefficient (Wildman–Crippen LogP) is -0.896. The summed E-state index contributed by atoms with van der Waals surface area (Å²) < 4.78 is 25.4. The van der Waals surface area contributed by atoms with Crippen LogP contribution in [0.5, 0.6) is 0 Å². The van der Waals surface area contributed by atoms with Crippen molar-refractivity contribution >= 4 is 21.8 Å². The lowest BCUT2D eigenvalue weighted by molar-refractivity contribution is -0.389. The molecule has 0 bridgehead atoms. The SMILES string of the molecule is CC(O)(CNS(=O)(=O)c1ccc([N+](=O)[O-])nc1)C(=O)O. The van der Waals surface area contributed by atoms with Crippen LogP contribution in [0.3, 0.4) is 0 Å². The molecule has 0 saturated heterocycles. The van der Waals surface area contributed by atoms with E-state index in [-0.39, 0.29) is 4.90 Å². The van der Waals surface area contributed by atoms with Crippen molar-refractivity contribution in [3.63, 3.8) is 0 Å².